The molecule has 3 heteroatoms. The molecule has 0 spiro atoms. The molecule has 4 aliphatic rings. The summed E-state index contributed by atoms with van der Waals surface area (Å²) in [4.78, 5) is 0. The number of rotatable bonds is 6. The predicted molar refractivity (Wildman–Crippen MR) is 131 cm³/mol. The summed E-state index contributed by atoms with van der Waals surface area (Å²) < 4.78 is 0. The van der Waals surface area contributed by atoms with Crippen molar-refractivity contribution < 1.29 is 15.3 Å². The van der Waals surface area contributed by atoms with E-state index in [2.05, 4.69) is 47.3 Å². The number of aliphatic hydroxyl groups is 3. The number of allylic oxidation sites excluding steroid dienone is 3. The molecule has 0 aromatic heterocycles. The maximum absolute atomic E-state index is 10.7. The highest BCUT2D eigenvalue weighted by Crippen LogP contribution is 2.67. The standard InChI is InChI=1S/C29H48O3/c1-17(2)18(3)7-8-20(16-30)23-11-12-24-21-9-10-22-19(4)27(32)26(31)15-29(22,6)25(21)13-14-28(23,24)5/h9,17,19-20,22-27,30-32H,3,7-8,10-16H2,1-2,4-6H3/t19-,20?,22?,23+,24?,25?,26+,27+,28+,29-/m0/s1. The van der Waals surface area contributed by atoms with Crippen molar-refractivity contribution >= 4 is 0 Å². The van der Waals surface area contributed by atoms with Gasteiger partial charge in [-0.25, -0.2) is 0 Å². The van der Waals surface area contributed by atoms with Crippen LogP contribution in [0.1, 0.15) is 86.0 Å². The van der Waals surface area contributed by atoms with Crippen LogP contribution in [-0.2, 0) is 0 Å². The molecular formula is C29H48O3. The van der Waals surface area contributed by atoms with Gasteiger partial charge >= 0.3 is 0 Å². The van der Waals surface area contributed by atoms with E-state index in [0.717, 1.165) is 25.7 Å². The lowest BCUT2D eigenvalue weighted by molar-refractivity contribution is -0.139. The first-order chi connectivity index (χ1) is 15.0. The van der Waals surface area contributed by atoms with Crippen molar-refractivity contribution in [3.63, 3.8) is 0 Å². The molecule has 0 heterocycles. The lowest BCUT2D eigenvalue weighted by atomic mass is 9.46. The van der Waals surface area contributed by atoms with Crippen LogP contribution in [0, 0.1) is 52.3 Å². The van der Waals surface area contributed by atoms with Gasteiger partial charge in [-0.3, -0.25) is 0 Å². The topological polar surface area (TPSA) is 60.7 Å². The fourth-order valence-electron chi connectivity index (χ4n) is 8.94. The Labute approximate surface area is 196 Å². The number of hydrogen-bond acceptors (Lipinski definition) is 3. The van der Waals surface area contributed by atoms with Crippen LogP contribution >= 0.6 is 0 Å². The highest BCUT2D eigenvalue weighted by atomic mass is 16.3. The molecule has 0 amide bonds. The van der Waals surface area contributed by atoms with Crippen LogP contribution < -0.4 is 0 Å². The van der Waals surface area contributed by atoms with Gasteiger partial charge in [0.1, 0.15) is 0 Å². The second-order valence-electron chi connectivity index (χ2n) is 12.8. The van der Waals surface area contributed by atoms with Crippen molar-refractivity contribution in [3.8, 4) is 0 Å². The highest BCUT2D eigenvalue weighted by molar-refractivity contribution is 5.28. The van der Waals surface area contributed by atoms with Gasteiger partial charge in [0.05, 0.1) is 12.2 Å². The molecule has 32 heavy (non-hydrogen) atoms. The lowest BCUT2D eigenvalue weighted by Crippen LogP contribution is -2.56. The minimum absolute atomic E-state index is 0.0902. The smallest absolute Gasteiger partial charge is 0.0827 e. The van der Waals surface area contributed by atoms with Crippen molar-refractivity contribution in [2.45, 2.75) is 98.2 Å². The largest absolute Gasteiger partial charge is 0.396 e. The maximum atomic E-state index is 10.7. The molecule has 0 aliphatic heterocycles. The summed E-state index contributed by atoms with van der Waals surface area (Å²) >= 11 is 0. The molecule has 3 nitrogen and oxygen atoms in total. The summed E-state index contributed by atoms with van der Waals surface area (Å²) in [6, 6.07) is 0. The van der Waals surface area contributed by atoms with Crippen molar-refractivity contribution in [1.82, 2.24) is 0 Å². The average molecular weight is 445 g/mol. The third-order valence-electron chi connectivity index (χ3n) is 11.1. The molecule has 0 radical (unpaired) electrons. The Morgan fingerprint density at radius 3 is 2.47 bits per heavy atom. The quantitative estimate of drug-likeness (QED) is 0.458. The molecule has 4 aliphatic carbocycles. The van der Waals surface area contributed by atoms with Gasteiger partial charge in [-0.05, 0) is 104 Å². The summed E-state index contributed by atoms with van der Waals surface area (Å²) in [5, 5.41) is 31.6. The van der Waals surface area contributed by atoms with E-state index in [-0.39, 0.29) is 16.7 Å². The van der Waals surface area contributed by atoms with E-state index in [4.69, 9.17) is 0 Å². The second kappa shape index (κ2) is 8.86. The van der Waals surface area contributed by atoms with E-state index in [1.807, 2.05) is 0 Å². The van der Waals surface area contributed by atoms with Crippen molar-refractivity contribution in [1.29, 1.82) is 0 Å². The average Bonchev–Trinajstić information content (AvgIpc) is 3.09. The van der Waals surface area contributed by atoms with E-state index < -0.39 is 12.2 Å². The van der Waals surface area contributed by atoms with Gasteiger partial charge in [-0.2, -0.15) is 0 Å². The maximum Gasteiger partial charge on any atom is 0.0827 e. The van der Waals surface area contributed by atoms with Gasteiger partial charge in [-0.15, -0.1) is 0 Å². The fourth-order valence-corrected chi connectivity index (χ4v) is 8.94. The first kappa shape index (κ1) is 24.5. The zero-order valence-electron chi connectivity index (χ0n) is 21.2. The van der Waals surface area contributed by atoms with Crippen LogP contribution in [0.2, 0.25) is 0 Å². The van der Waals surface area contributed by atoms with Crippen LogP contribution in [-0.4, -0.2) is 34.1 Å². The fraction of sp³-hybridized carbons (Fsp3) is 0.862. The predicted octanol–water partition coefficient (Wildman–Crippen LogP) is 5.74. The molecule has 0 aromatic carbocycles. The van der Waals surface area contributed by atoms with Crippen LogP contribution in [0.15, 0.2) is 23.8 Å². The molecular weight excluding hydrogens is 396 g/mol. The monoisotopic (exact) mass is 444 g/mol. The Kier molecular flexibility index (Phi) is 6.78. The Morgan fingerprint density at radius 1 is 1.12 bits per heavy atom. The van der Waals surface area contributed by atoms with E-state index in [1.165, 1.54) is 31.3 Å². The first-order valence-electron chi connectivity index (χ1n) is 13.4. The van der Waals surface area contributed by atoms with E-state index in [1.54, 1.807) is 5.57 Å². The van der Waals surface area contributed by atoms with E-state index in [0.29, 0.717) is 42.1 Å². The lowest BCUT2D eigenvalue weighted by Gasteiger charge is -2.60. The summed E-state index contributed by atoms with van der Waals surface area (Å²) in [6.45, 7) is 16.1. The molecule has 3 N–H and O–H groups in total. The Balaban J connectivity index is 1.56. The van der Waals surface area contributed by atoms with Crippen LogP contribution in [0.3, 0.4) is 0 Å². The summed E-state index contributed by atoms with van der Waals surface area (Å²) in [7, 11) is 0. The number of aliphatic hydroxyl groups excluding tert-OH is 3. The van der Waals surface area contributed by atoms with Crippen LogP contribution in [0.4, 0.5) is 0 Å². The molecule has 4 unspecified atom stereocenters. The van der Waals surface area contributed by atoms with Crippen molar-refractivity contribution in [2.75, 3.05) is 6.61 Å². The Hall–Kier alpha value is -0.640. The second-order valence-corrected chi connectivity index (χ2v) is 12.8. The van der Waals surface area contributed by atoms with Crippen molar-refractivity contribution in [3.05, 3.63) is 23.8 Å². The van der Waals surface area contributed by atoms with Gasteiger partial charge in [0.25, 0.3) is 0 Å². The highest BCUT2D eigenvalue weighted by Gasteiger charge is 2.60. The third kappa shape index (κ3) is 3.75. The zero-order valence-corrected chi connectivity index (χ0v) is 21.2. The molecule has 3 fully saturated rings. The Bertz CT molecular complexity index is 741. The number of fused-ring (bicyclic) bond motifs is 5. The van der Waals surface area contributed by atoms with Gasteiger partial charge in [0.2, 0.25) is 0 Å². The van der Waals surface area contributed by atoms with Gasteiger partial charge < -0.3 is 15.3 Å². The first-order valence-corrected chi connectivity index (χ1v) is 13.4. The van der Waals surface area contributed by atoms with Crippen molar-refractivity contribution in [2.24, 2.45) is 52.3 Å². The summed E-state index contributed by atoms with van der Waals surface area (Å²) in [6.07, 6.45) is 10.1. The van der Waals surface area contributed by atoms with Crippen LogP contribution in [0.25, 0.3) is 0 Å². The van der Waals surface area contributed by atoms with Gasteiger partial charge in [0.15, 0.2) is 0 Å². The molecule has 4 rings (SSSR count). The molecule has 0 saturated heterocycles. The molecule has 3 saturated carbocycles. The molecule has 0 bridgehead atoms. The molecule has 182 valence electrons. The molecule has 0 aromatic rings. The van der Waals surface area contributed by atoms with E-state index in [9.17, 15) is 15.3 Å². The number of hydrogen-bond donors (Lipinski definition) is 3. The van der Waals surface area contributed by atoms with Gasteiger partial charge in [-0.1, -0.05) is 58.4 Å². The summed E-state index contributed by atoms with van der Waals surface area (Å²) in [5.41, 5.74) is 3.34. The zero-order chi connectivity index (χ0) is 23.4. The minimum atomic E-state index is -0.594. The third-order valence-corrected chi connectivity index (χ3v) is 11.1. The SMILES string of the molecule is C=C(CCC(CO)[C@H]1CCC2C3=CCC4[C@H](C)[C@@H](O)[C@H](O)C[C@]4(C)C3CC[C@@]21C)C(C)C. The normalized spacial score (nSPS) is 46.8. The Morgan fingerprint density at radius 2 is 1.81 bits per heavy atom. The molecule has 10 atom stereocenters. The van der Waals surface area contributed by atoms with Gasteiger partial charge in [0, 0.05) is 6.61 Å². The van der Waals surface area contributed by atoms with E-state index >= 15 is 0 Å². The minimum Gasteiger partial charge on any atom is -0.396 e. The summed E-state index contributed by atoms with van der Waals surface area (Å²) in [5.74, 6) is 3.24. The van der Waals surface area contributed by atoms with Crippen LogP contribution in [0.5, 0.6) is 0 Å².